The molecule has 0 atom stereocenters. The van der Waals surface area contributed by atoms with Crippen molar-refractivity contribution in [1.29, 1.82) is 0 Å². The van der Waals surface area contributed by atoms with Crippen LogP contribution >= 0.6 is 15.9 Å². The molecule has 7 nitrogen and oxygen atoms in total. The van der Waals surface area contributed by atoms with Gasteiger partial charge in [-0.2, -0.15) is 0 Å². The SMILES string of the molecule is CC(=O)Nc1ccc(S(=O)(=O)NNC(=O)c2ccc(C)c(Br)c2)cc1. The fourth-order valence-electron chi connectivity index (χ4n) is 1.90. The Labute approximate surface area is 154 Å². The van der Waals surface area contributed by atoms with Crippen molar-refractivity contribution in [2.75, 3.05) is 5.32 Å². The van der Waals surface area contributed by atoms with Gasteiger partial charge in [-0.15, -0.1) is 4.83 Å². The third-order valence-corrected chi connectivity index (χ3v) is 5.34. The molecule has 2 aromatic rings. The number of halogens is 1. The van der Waals surface area contributed by atoms with Gasteiger partial charge in [-0.25, -0.2) is 8.42 Å². The Balaban J connectivity index is 2.06. The number of benzene rings is 2. The molecule has 0 unspecified atom stereocenters. The van der Waals surface area contributed by atoms with Gasteiger partial charge in [0, 0.05) is 22.6 Å². The van der Waals surface area contributed by atoms with E-state index in [2.05, 4.69) is 26.7 Å². The first-order valence-corrected chi connectivity index (χ1v) is 9.42. The van der Waals surface area contributed by atoms with Crippen LogP contribution in [-0.4, -0.2) is 20.2 Å². The van der Waals surface area contributed by atoms with E-state index in [4.69, 9.17) is 0 Å². The lowest BCUT2D eigenvalue weighted by Gasteiger charge is -2.10. The monoisotopic (exact) mass is 425 g/mol. The van der Waals surface area contributed by atoms with E-state index in [9.17, 15) is 18.0 Å². The molecular formula is C16H16BrN3O4S. The third-order valence-electron chi connectivity index (χ3n) is 3.22. The first-order chi connectivity index (χ1) is 11.7. The van der Waals surface area contributed by atoms with Gasteiger partial charge < -0.3 is 5.32 Å². The van der Waals surface area contributed by atoms with Gasteiger partial charge in [0.2, 0.25) is 5.91 Å². The molecule has 0 aromatic heterocycles. The van der Waals surface area contributed by atoms with Crippen LogP contribution in [0.2, 0.25) is 0 Å². The summed E-state index contributed by atoms with van der Waals surface area (Å²) in [5, 5.41) is 2.54. The van der Waals surface area contributed by atoms with Crippen LogP contribution in [0.4, 0.5) is 5.69 Å². The second kappa shape index (κ2) is 7.77. The minimum Gasteiger partial charge on any atom is -0.326 e. The van der Waals surface area contributed by atoms with E-state index in [-0.39, 0.29) is 10.8 Å². The highest BCUT2D eigenvalue weighted by Gasteiger charge is 2.16. The van der Waals surface area contributed by atoms with E-state index >= 15 is 0 Å². The molecule has 3 N–H and O–H groups in total. The van der Waals surface area contributed by atoms with E-state index in [1.807, 2.05) is 11.8 Å². The van der Waals surface area contributed by atoms with E-state index in [1.165, 1.54) is 31.2 Å². The van der Waals surface area contributed by atoms with Crippen LogP contribution in [0, 0.1) is 6.92 Å². The molecule has 0 spiro atoms. The Morgan fingerprint density at radius 3 is 2.24 bits per heavy atom. The Bertz CT molecular complexity index is 911. The fourth-order valence-corrected chi connectivity index (χ4v) is 3.12. The van der Waals surface area contributed by atoms with Crippen molar-refractivity contribution < 1.29 is 18.0 Å². The van der Waals surface area contributed by atoms with Crippen LogP contribution in [-0.2, 0) is 14.8 Å². The normalized spacial score (nSPS) is 11.0. The minimum absolute atomic E-state index is 0.0491. The lowest BCUT2D eigenvalue weighted by molar-refractivity contribution is -0.114. The number of hydrogen-bond acceptors (Lipinski definition) is 4. The molecule has 25 heavy (non-hydrogen) atoms. The number of sulfonamides is 1. The Hall–Kier alpha value is -2.23. The number of aryl methyl sites for hydroxylation is 1. The van der Waals surface area contributed by atoms with E-state index in [1.54, 1.807) is 18.2 Å². The van der Waals surface area contributed by atoms with Crippen molar-refractivity contribution in [2.24, 2.45) is 0 Å². The van der Waals surface area contributed by atoms with Gasteiger partial charge in [-0.1, -0.05) is 22.0 Å². The average molecular weight is 426 g/mol. The lowest BCUT2D eigenvalue weighted by Crippen LogP contribution is -2.41. The zero-order valence-electron chi connectivity index (χ0n) is 13.5. The van der Waals surface area contributed by atoms with Crippen molar-refractivity contribution in [3.8, 4) is 0 Å². The predicted molar refractivity (Wildman–Crippen MR) is 97.4 cm³/mol. The Morgan fingerprint density at radius 1 is 1.04 bits per heavy atom. The summed E-state index contributed by atoms with van der Waals surface area (Å²) < 4.78 is 25.1. The maximum absolute atomic E-state index is 12.2. The van der Waals surface area contributed by atoms with Crippen LogP contribution in [0.5, 0.6) is 0 Å². The topological polar surface area (TPSA) is 104 Å². The number of carbonyl (C=O) groups excluding carboxylic acids is 2. The van der Waals surface area contributed by atoms with Gasteiger partial charge in [-0.05, 0) is 48.9 Å². The summed E-state index contributed by atoms with van der Waals surface area (Å²) in [4.78, 5) is 25.0. The summed E-state index contributed by atoms with van der Waals surface area (Å²) in [6, 6.07) is 10.5. The van der Waals surface area contributed by atoms with Crippen molar-refractivity contribution in [1.82, 2.24) is 10.3 Å². The first kappa shape index (κ1) is 19.1. The van der Waals surface area contributed by atoms with Crippen molar-refractivity contribution in [3.05, 3.63) is 58.1 Å². The molecule has 0 aliphatic rings. The molecule has 132 valence electrons. The lowest BCUT2D eigenvalue weighted by atomic mass is 10.1. The molecule has 0 aliphatic carbocycles. The summed E-state index contributed by atoms with van der Waals surface area (Å²) in [5.41, 5.74) is 3.90. The van der Waals surface area contributed by atoms with Crippen LogP contribution in [0.15, 0.2) is 51.8 Å². The maximum Gasteiger partial charge on any atom is 0.266 e. The van der Waals surface area contributed by atoms with Crippen LogP contribution in [0.25, 0.3) is 0 Å². The minimum atomic E-state index is -3.93. The predicted octanol–water partition coefficient (Wildman–Crippen LogP) is 2.34. The zero-order chi connectivity index (χ0) is 18.6. The quantitative estimate of drug-likeness (QED) is 0.639. The van der Waals surface area contributed by atoms with Crippen molar-refractivity contribution in [2.45, 2.75) is 18.7 Å². The fraction of sp³-hybridized carbons (Fsp3) is 0.125. The van der Waals surface area contributed by atoms with Gasteiger partial charge in [0.15, 0.2) is 0 Å². The van der Waals surface area contributed by atoms with E-state index in [0.29, 0.717) is 11.3 Å². The highest BCUT2D eigenvalue weighted by molar-refractivity contribution is 9.10. The Kier molecular flexibility index (Phi) is 5.93. The summed E-state index contributed by atoms with van der Waals surface area (Å²) in [6.45, 7) is 3.23. The average Bonchev–Trinajstić information content (AvgIpc) is 2.55. The van der Waals surface area contributed by atoms with Crippen molar-refractivity contribution in [3.63, 3.8) is 0 Å². The van der Waals surface area contributed by atoms with Gasteiger partial charge in [0.25, 0.3) is 15.9 Å². The molecule has 0 bridgehead atoms. The first-order valence-electron chi connectivity index (χ1n) is 7.15. The summed E-state index contributed by atoms with van der Waals surface area (Å²) in [5.74, 6) is -0.843. The van der Waals surface area contributed by atoms with E-state index < -0.39 is 15.9 Å². The van der Waals surface area contributed by atoms with Crippen molar-refractivity contribution >= 4 is 43.5 Å². The van der Waals surface area contributed by atoms with Crippen LogP contribution in [0.1, 0.15) is 22.8 Å². The number of carbonyl (C=O) groups is 2. The van der Waals surface area contributed by atoms with Gasteiger partial charge in [0.1, 0.15) is 0 Å². The molecule has 0 heterocycles. The Morgan fingerprint density at radius 2 is 1.68 bits per heavy atom. The molecule has 0 saturated heterocycles. The summed E-state index contributed by atoms with van der Waals surface area (Å²) >= 11 is 3.32. The summed E-state index contributed by atoms with van der Waals surface area (Å²) in [6.07, 6.45) is 0. The van der Waals surface area contributed by atoms with Gasteiger partial charge in [0.05, 0.1) is 4.90 Å². The highest BCUT2D eigenvalue weighted by atomic mass is 79.9. The van der Waals surface area contributed by atoms with Gasteiger partial charge >= 0.3 is 0 Å². The summed E-state index contributed by atoms with van der Waals surface area (Å²) in [7, 11) is -3.93. The van der Waals surface area contributed by atoms with E-state index in [0.717, 1.165) is 10.0 Å². The molecule has 2 rings (SSSR count). The largest absolute Gasteiger partial charge is 0.326 e. The maximum atomic E-state index is 12.2. The molecule has 9 heteroatoms. The molecule has 0 aliphatic heterocycles. The van der Waals surface area contributed by atoms with Crippen LogP contribution in [0.3, 0.4) is 0 Å². The van der Waals surface area contributed by atoms with Crippen LogP contribution < -0.4 is 15.6 Å². The molecule has 2 aromatic carbocycles. The molecule has 0 fully saturated rings. The van der Waals surface area contributed by atoms with Gasteiger partial charge in [-0.3, -0.25) is 15.0 Å². The smallest absolute Gasteiger partial charge is 0.266 e. The molecule has 0 saturated carbocycles. The number of anilines is 1. The zero-order valence-corrected chi connectivity index (χ0v) is 15.9. The number of hydrogen-bond donors (Lipinski definition) is 3. The second-order valence-corrected chi connectivity index (χ2v) is 7.77. The molecule has 0 radical (unpaired) electrons. The number of nitrogens with one attached hydrogen (secondary N) is 3. The number of rotatable bonds is 5. The molecular weight excluding hydrogens is 410 g/mol. The second-order valence-electron chi connectivity index (χ2n) is 5.23. The number of amides is 2. The molecule has 2 amide bonds. The standard InChI is InChI=1S/C16H16BrN3O4S/c1-10-3-4-12(9-15(10)17)16(22)19-20-25(23,24)14-7-5-13(6-8-14)18-11(2)21/h3-9,20H,1-2H3,(H,18,21)(H,19,22). The number of hydrazine groups is 1. The third kappa shape index (κ3) is 5.12. The highest BCUT2D eigenvalue weighted by Crippen LogP contribution is 2.17.